The molecule has 0 bridgehead atoms. The van der Waals surface area contributed by atoms with Gasteiger partial charge in [-0.2, -0.15) is 0 Å². The fourth-order valence-corrected chi connectivity index (χ4v) is 2.64. The molecule has 0 heterocycles. The van der Waals surface area contributed by atoms with E-state index < -0.39 is 0 Å². The lowest BCUT2D eigenvalue weighted by Crippen LogP contribution is -2.23. The van der Waals surface area contributed by atoms with Gasteiger partial charge in [0.25, 0.3) is 0 Å². The van der Waals surface area contributed by atoms with E-state index in [1.165, 1.54) is 22.5 Å². The van der Waals surface area contributed by atoms with Crippen LogP contribution in [0.3, 0.4) is 0 Å². The zero-order valence-electron chi connectivity index (χ0n) is 13.2. The molecule has 0 fully saturated rings. The van der Waals surface area contributed by atoms with E-state index in [9.17, 15) is 0 Å². The molecule has 0 amide bonds. The molecule has 0 spiro atoms. The smallest absolute Gasteiger partial charge is 0.0465 e. The van der Waals surface area contributed by atoms with E-state index in [-0.39, 0.29) is 0 Å². The van der Waals surface area contributed by atoms with Crippen molar-refractivity contribution in [2.75, 3.05) is 11.9 Å². The number of anilines is 2. The van der Waals surface area contributed by atoms with Gasteiger partial charge in [-0.25, -0.2) is 0 Å². The first kappa shape index (κ1) is 16.1. The molecule has 0 aliphatic carbocycles. The fourth-order valence-electron chi connectivity index (χ4n) is 2.29. The number of nitrogens with zero attached hydrogens (tertiary/aromatic N) is 1. The molecular weight excluding hydrogens is 324 g/mol. The second-order valence-corrected chi connectivity index (χ2v) is 6.62. The van der Waals surface area contributed by atoms with Gasteiger partial charge in [0.05, 0.1) is 0 Å². The summed E-state index contributed by atoms with van der Waals surface area (Å²) >= 11 is 3.58. The van der Waals surface area contributed by atoms with Crippen LogP contribution in [0.15, 0.2) is 46.9 Å². The standard InChI is InChI=1S/C18H23BrN2/c1-13(2)20-12-15-8-9-16(19)11-18(15)21(4)17-7-5-6-14(3)10-17/h5-11,13,20H,12H2,1-4H3. The van der Waals surface area contributed by atoms with Crippen LogP contribution >= 0.6 is 15.9 Å². The Morgan fingerprint density at radius 1 is 1.14 bits per heavy atom. The van der Waals surface area contributed by atoms with Crippen molar-refractivity contribution in [2.24, 2.45) is 0 Å². The quantitative estimate of drug-likeness (QED) is 0.817. The molecule has 0 aromatic heterocycles. The molecule has 2 aromatic carbocycles. The van der Waals surface area contributed by atoms with Crippen molar-refractivity contribution in [3.05, 3.63) is 58.1 Å². The molecule has 0 atom stereocenters. The first-order valence-electron chi connectivity index (χ1n) is 7.29. The van der Waals surface area contributed by atoms with E-state index in [1.807, 2.05) is 0 Å². The third kappa shape index (κ3) is 4.32. The van der Waals surface area contributed by atoms with Crippen molar-refractivity contribution in [3.8, 4) is 0 Å². The largest absolute Gasteiger partial charge is 0.344 e. The molecule has 1 N–H and O–H groups in total. The van der Waals surface area contributed by atoms with Gasteiger partial charge in [-0.1, -0.05) is 48.0 Å². The molecule has 21 heavy (non-hydrogen) atoms. The van der Waals surface area contributed by atoms with Crippen molar-refractivity contribution in [1.82, 2.24) is 5.32 Å². The topological polar surface area (TPSA) is 15.3 Å². The predicted molar refractivity (Wildman–Crippen MR) is 95.4 cm³/mol. The van der Waals surface area contributed by atoms with Crippen molar-refractivity contribution in [1.29, 1.82) is 0 Å². The zero-order chi connectivity index (χ0) is 15.4. The van der Waals surface area contributed by atoms with Gasteiger partial charge in [-0.3, -0.25) is 0 Å². The summed E-state index contributed by atoms with van der Waals surface area (Å²) in [6, 6.07) is 15.5. The molecule has 2 nitrogen and oxygen atoms in total. The molecule has 0 saturated carbocycles. The van der Waals surface area contributed by atoms with Crippen LogP contribution in [0.2, 0.25) is 0 Å². The molecule has 2 rings (SSSR count). The van der Waals surface area contributed by atoms with Crippen LogP contribution < -0.4 is 10.2 Å². The monoisotopic (exact) mass is 346 g/mol. The number of rotatable bonds is 5. The van der Waals surface area contributed by atoms with E-state index in [2.05, 4.69) is 96.4 Å². The van der Waals surface area contributed by atoms with Crippen LogP contribution in [0, 0.1) is 6.92 Å². The highest BCUT2D eigenvalue weighted by atomic mass is 79.9. The van der Waals surface area contributed by atoms with Crippen LogP contribution in [0.5, 0.6) is 0 Å². The van der Waals surface area contributed by atoms with Gasteiger partial charge in [0, 0.05) is 35.5 Å². The number of halogens is 1. The Balaban J connectivity index is 2.34. The highest BCUT2D eigenvalue weighted by Gasteiger charge is 2.10. The normalized spacial score (nSPS) is 11.0. The number of hydrogen-bond donors (Lipinski definition) is 1. The Hall–Kier alpha value is -1.32. The number of nitrogens with one attached hydrogen (secondary N) is 1. The summed E-state index contributed by atoms with van der Waals surface area (Å²) < 4.78 is 1.10. The van der Waals surface area contributed by atoms with Crippen molar-refractivity contribution < 1.29 is 0 Å². The summed E-state index contributed by atoms with van der Waals surface area (Å²) in [5.41, 5.74) is 5.01. The first-order valence-corrected chi connectivity index (χ1v) is 8.09. The maximum absolute atomic E-state index is 3.58. The van der Waals surface area contributed by atoms with Crippen molar-refractivity contribution in [3.63, 3.8) is 0 Å². The van der Waals surface area contributed by atoms with E-state index in [1.54, 1.807) is 0 Å². The van der Waals surface area contributed by atoms with Crippen LogP contribution in [-0.4, -0.2) is 13.1 Å². The van der Waals surface area contributed by atoms with Crippen LogP contribution in [0.4, 0.5) is 11.4 Å². The van der Waals surface area contributed by atoms with Gasteiger partial charge in [-0.05, 0) is 42.3 Å². The third-order valence-electron chi connectivity index (χ3n) is 3.50. The minimum absolute atomic E-state index is 0.478. The van der Waals surface area contributed by atoms with E-state index in [0.717, 1.165) is 11.0 Å². The molecular formula is C18H23BrN2. The summed E-state index contributed by atoms with van der Waals surface area (Å²) in [5.74, 6) is 0. The van der Waals surface area contributed by atoms with Gasteiger partial charge < -0.3 is 10.2 Å². The Kier molecular flexibility index (Phi) is 5.43. The van der Waals surface area contributed by atoms with Crippen LogP contribution in [0.1, 0.15) is 25.0 Å². The minimum Gasteiger partial charge on any atom is -0.344 e. The fraction of sp³-hybridized carbons (Fsp3) is 0.333. The Morgan fingerprint density at radius 2 is 1.90 bits per heavy atom. The average Bonchev–Trinajstić information content (AvgIpc) is 2.45. The van der Waals surface area contributed by atoms with Crippen LogP contribution in [0.25, 0.3) is 0 Å². The van der Waals surface area contributed by atoms with Gasteiger partial charge >= 0.3 is 0 Å². The lowest BCUT2D eigenvalue weighted by atomic mass is 10.1. The molecule has 0 aliphatic rings. The minimum atomic E-state index is 0.478. The molecule has 3 heteroatoms. The highest BCUT2D eigenvalue weighted by molar-refractivity contribution is 9.10. The summed E-state index contributed by atoms with van der Waals surface area (Å²) in [6.45, 7) is 7.33. The third-order valence-corrected chi connectivity index (χ3v) is 3.99. The van der Waals surface area contributed by atoms with E-state index >= 15 is 0 Å². The Bertz CT molecular complexity index is 608. The Labute approximate surface area is 136 Å². The van der Waals surface area contributed by atoms with E-state index in [4.69, 9.17) is 0 Å². The van der Waals surface area contributed by atoms with Gasteiger partial charge in [0.2, 0.25) is 0 Å². The second-order valence-electron chi connectivity index (χ2n) is 5.71. The van der Waals surface area contributed by atoms with E-state index in [0.29, 0.717) is 6.04 Å². The number of aryl methyl sites for hydroxylation is 1. The second kappa shape index (κ2) is 7.10. The molecule has 0 radical (unpaired) electrons. The van der Waals surface area contributed by atoms with Gasteiger partial charge in [0.15, 0.2) is 0 Å². The number of benzene rings is 2. The molecule has 2 aromatic rings. The lowest BCUT2D eigenvalue weighted by molar-refractivity contribution is 0.589. The lowest BCUT2D eigenvalue weighted by Gasteiger charge is -2.24. The van der Waals surface area contributed by atoms with Crippen molar-refractivity contribution >= 4 is 27.3 Å². The number of hydrogen-bond acceptors (Lipinski definition) is 2. The summed E-state index contributed by atoms with van der Waals surface area (Å²) in [5, 5.41) is 3.50. The summed E-state index contributed by atoms with van der Waals surface area (Å²) in [4.78, 5) is 2.25. The molecule has 0 unspecified atom stereocenters. The summed E-state index contributed by atoms with van der Waals surface area (Å²) in [6.07, 6.45) is 0. The zero-order valence-corrected chi connectivity index (χ0v) is 14.7. The molecule has 0 saturated heterocycles. The highest BCUT2D eigenvalue weighted by Crippen LogP contribution is 2.30. The predicted octanol–water partition coefficient (Wildman–Crippen LogP) is 5.02. The van der Waals surface area contributed by atoms with Crippen LogP contribution in [-0.2, 0) is 6.54 Å². The van der Waals surface area contributed by atoms with Gasteiger partial charge in [0.1, 0.15) is 0 Å². The summed E-state index contributed by atoms with van der Waals surface area (Å²) in [7, 11) is 2.12. The molecule has 0 aliphatic heterocycles. The Morgan fingerprint density at radius 3 is 2.57 bits per heavy atom. The molecule has 112 valence electrons. The SMILES string of the molecule is Cc1cccc(N(C)c2cc(Br)ccc2CNC(C)C)c1. The van der Waals surface area contributed by atoms with Crippen molar-refractivity contribution in [2.45, 2.75) is 33.4 Å². The van der Waals surface area contributed by atoms with Gasteiger partial charge in [-0.15, -0.1) is 0 Å². The average molecular weight is 347 g/mol. The maximum atomic E-state index is 3.58. The first-order chi connectivity index (χ1) is 9.97. The maximum Gasteiger partial charge on any atom is 0.0465 e.